The molecule has 36 heavy (non-hydrogen) atoms. The van der Waals surface area contributed by atoms with Crippen molar-refractivity contribution in [2.75, 3.05) is 13.2 Å². The number of carbonyl (C=O) groups excluding carboxylic acids is 2. The van der Waals surface area contributed by atoms with Gasteiger partial charge in [0, 0.05) is 12.1 Å². The van der Waals surface area contributed by atoms with Crippen LogP contribution in [0.25, 0.3) is 5.76 Å². The minimum absolute atomic E-state index is 0.119. The highest BCUT2D eigenvalue weighted by atomic mass is 16.5. The van der Waals surface area contributed by atoms with Crippen molar-refractivity contribution >= 4 is 17.4 Å². The smallest absolute Gasteiger partial charge is 0.295 e. The van der Waals surface area contributed by atoms with Crippen LogP contribution in [0.4, 0.5) is 0 Å². The average molecular weight is 484 g/mol. The predicted molar refractivity (Wildman–Crippen MR) is 142 cm³/mol. The van der Waals surface area contributed by atoms with E-state index in [1.165, 1.54) is 0 Å². The Bertz CT molecular complexity index is 1210. The first-order valence-electron chi connectivity index (χ1n) is 12.6. The Labute approximate surface area is 213 Å². The number of Topliss-reactive ketones (excluding diaryl/α,β-unsaturated/α-hetero) is 1. The molecule has 4 rings (SSSR count). The highest BCUT2D eigenvalue weighted by molar-refractivity contribution is 6.46. The fourth-order valence-electron chi connectivity index (χ4n) is 4.51. The molecule has 1 aliphatic heterocycles. The summed E-state index contributed by atoms with van der Waals surface area (Å²) in [5.41, 5.74) is 3.52. The third-order valence-corrected chi connectivity index (χ3v) is 6.56. The van der Waals surface area contributed by atoms with Gasteiger partial charge >= 0.3 is 0 Å². The summed E-state index contributed by atoms with van der Waals surface area (Å²) in [7, 11) is 0. The van der Waals surface area contributed by atoms with Crippen molar-refractivity contribution in [1.82, 2.24) is 4.90 Å². The Balaban J connectivity index is 1.68. The molecule has 1 heterocycles. The molecule has 0 saturated carbocycles. The van der Waals surface area contributed by atoms with E-state index in [-0.39, 0.29) is 11.3 Å². The fourth-order valence-corrected chi connectivity index (χ4v) is 4.51. The van der Waals surface area contributed by atoms with Gasteiger partial charge in [-0.3, -0.25) is 9.59 Å². The van der Waals surface area contributed by atoms with Gasteiger partial charge in [-0.05, 0) is 43.0 Å². The summed E-state index contributed by atoms with van der Waals surface area (Å²) in [5.74, 6) is -0.661. The van der Waals surface area contributed by atoms with E-state index in [1.54, 1.807) is 17.0 Å². The van der Waals surface area contributed by atoms with Crippen molar-refractivity contribution in [1.29, 1.82) is 0 Å². The van der Waals surface area contributed by atoms with Crippen LogP contribution >= 0.6 is 0 Å². The zero-order valence-electron chi connectivity index (χ0n) is 20.9. The van der Waals surface area contributed by atoms with Gasteiger partial charge in [-0.2, -0.15) is 0 Å². The maximum atomic E-state index is 13.2. The van der Waals surface area contributed by atoms with Crippen molar-refractivity contribution < 1.29 is 19.4 Å². The molecular formula is C31H33NO4. The van der Waals surface area contributed by atoms with Gasteiger partial charge in [-0.15, -0.1) is 0 Å². The lowest BCUT2D eigenvalue weighted by Gasteiger charge is -2.25. The van der Waals surface area contributed by atoms with Crippen LogP contribution in [0.5, 0.6) is 5.75 Å². The molecule has 0 aliphatic carbocycles. The van der Waals surface area contributed by atoms with Crippen LogP contribution in [-0.4, -0.2) is 34.8 Å². The lowest BCUT2D eigenvalue weighted by molar-refractivity contribution is -0.139. The van der Waals surface area contributed by atoms with Gasteiger partial charge in [0.05, 0.1) is 18.2 Å². The summed E-state index contributed by atoms with van der Waals surface area (Å²) in [6, 6.07) is 24.0. The number of hydrogen-bond acceptors (Lipinski definition) is 4. The van der Waals surface area contributed by atoms with E-state index in [2.05, 4.69) is 6.92 Å². The van der Waals surface area contributed by atoms with E-state index in [9.17, 15) is 14.7 Å². The molecule has 1 N–H and O–H groups in total. The molecule has 0 aromatic heterocycles. The van der Waals surface area contributed by atoms with E-state index in [0.717, 1.165) is 41.7 Å². The van der Waals surface area contributed by atoms with Gasteiger partial charge in [0.2, 0.25) is 0 Å². The zero-order valence-corrected chi connectivity index (χ0v) is 20.9. The summed E-state index contributed by atoms with van der Waals surface area (Å²) in [6.07, 6.45) is 3.85. The van der Waals surface area contributed by atoms with Crippen LogP contribution in [0.15, 0.2) is 84.4 Å². The summed E-state index contributed by atoms with van der Waals surface area (Å²) in [5, 5.41) is 11.2. The number of unbranched alkanes of at least 4 members (excludes halogenated alkanes) is 2. The Morgan fingerprint density at radius 1 is 0.917 bits per heavy atom. The predicted octanol–water partition coefficient (Wildman–Crippen LogP) is 6.23. The zero-order chi connectivity index (χ0) is 25.5. The van der Waals surface area contributed by atoms with Gasteiger partial charge in [-0.1, -0.05) is 92.1 Å². The quantitative estimate of drug-likeness (QED) is 0.161. The second-order valence-corrected chi connectivity index (χ2v) is 9.22. The number of amides is 1. The van der Waals surface area contributed by atoms with Gasteiger partial charge in [0.25, 0.3) is 11.7 Å². The molecule has 1 saturated heterocycles. The topological polar surface area (TPSA) is 66.8 Å². The minimum Gasteiger partial charge on any atom is -0.507 e. The lowest BCUT2D eigenvalue weighted by atomic mass is 9.95. The molecule has 3 aromatic carbocycles. The fraction of sp³-hybridized carbons (Fsp3) is 0.290. The Morgan fingerprint density at radius 3 is 2.28 bits per heavy atom. The SMILES string of the molecule is CCCCCOc1ccc(C2C(=C(O)c3ccc(C)cc3)C(=O)C(=O)N2CCc2ccccc2)cc1. The van der Waals surface area contributed by atoms with Crippen molar-refractivity contribution in [2.45, 2.75) is 45.6 Å². The number of nitrogens with zero attached hydrogens (tertiary/aromatic N) is 1. The van der Waals surface area contributed by atoms with Gasteiger partial charge in [0.1, 0.15) is 11.5 Å². The highest BCUT2D eigenvalue weighted by Gasteiger charge is 2.45. The Hall–Kier alpha value is -3.86. The molecular weight excluding hydrogens is 450 g/mol. The summed E-state index contributed by atoms with van der Waals surface area (Å²) < 4.78 is 5.85. The van der Waals surface area contributed by atoms with Crippen LogP contribution in [0.1, 0.15) is 54.5 Å². The van der Waals surface area contributed by atoms with Gasteiger partial charge in [0.15, 0.2) is 0 Å². The number of likely N-dealkylation sites (tertiary alicyclic amines) is 1. The maximum Gasteiger partial charge on any atom is 0.295 e. The average Bonchev–Trinajstić information content (AvgIpc) is 3.16. The first-order valence-corrected chi connectivity index (χ1v) is 12.6. The standard InChI is InChI=1S/C31H33NO4/c1-3-4-8-21-36-26-17-15-24(16-18-26)28-27(29(33)25-13-11-22(2)12-14-25)30(34)31(35)32(28)20-19-23-9-6-5-7-10-23/h5-7,9-18,28,33H,3-4,8,19-21H2,1-2H3. The normalized spacial score (nSPS) is 16.9. The molecule has 1 fully saturated rings. The number of aliphatic hydroxyl groups excluding tert-OH is 1. The molecule has 1 unspecified atom stereocenters. The van der Waals surface area contributed by atoms with E-state index in [1.807, 2.05) is 73.7 Å². The van der Waals surface area contributed by atoms with Crippen LogP contribution in [-0.2, 0) is 16.0 Å². The highest BCUT2D eigenvalue weighted by Crippen LogP contribution is 2.40. The number of benzene rings is 3. The van der Waals surface area contributed by atoms with E-state index in [0.29, 0.717) is 25.1 Å². The van der Waals surface area contributed by atoms with Crippen molar-refractivity contribution in [3.8, 4) is 5.75 Å². The molecule has 1 aliphatic rings. The number of aryl methyl sites for hydroxylation is 1. The number of ether oxygens (including phenoxy) is 1. The number of hydrogen-bond donors (Lipinski definition) is 1. The monoisotopic (exact) mass is 483 g/mol. The van der Waals surface area contributed by atoms with Crippen LogP contribution < -0.4 is 4.74 Å². The number of carbonyl (C=O) groups is 2. The third-order valence-electron chi connectivity index (χ3n) is 6.56. The molecule has 0 radical (unpaired) electrons. The van der Waals surface area contributed by atoms with Gasteiger partial charge < -0.3 is 14.7 Å². The first kappa shape index (κ1) is 25.2. The van der Waals surface area contributed by atoms with Crippen LogP contribution in [0, 0.1) is 6.92 Å². The molecule has 1 amide bonds. The largest absolute Gasteiger partial charge is 0.507 e. The molecule has 1 atom stereocenters. The van der Waals surface area contributed by atoms with Crippen molar-refractivity contribution in [3.63, 3.8) is 0 Å². The molecule has 0 bridgehead atoms. The Kier molecular flexibility index (Phi) is 8.21. The number of rotatable bonds is 10. The van der Waals surface area contributed by atoms with Gasteiger partial charge in [-0.25, -0.2) is 0 Å². The van der Waals surface area contributed by atoms with E-state index < -0.39 is 17.7 Å². The minimum atomic E-state index is -0.677. The second kappa shape index (κ2) is 11.7. The van der Waals surface area contributed by atoms with Crippen molar-refractivity contribution in [2.24, 2.45) is 0 Å². The second-order valence-electron chi connectivity index (χ2n) is 9.22. The van der Waals surface area contributed by atoms with E-state index >= 15 is 0 Å². The van der Waals surface area contributed by atoms with Crippen LogP contribution in [0.3, 0.4) is 0 Å². The molecule has 0 spiro atoms. The summed E-state index contributed by atoms with van der Waals surface area (Å²) >= 11 is 0. The molecule has 5 nitrogen and oxygen atoms in total. The van der Waals surface area contributed by atoms with Crippen LogP contribution in [0.2, 0.25) is 0 Å². The maximum absolute atomic E-state index is 13.2. The molecule has 186 valence electrons. The summed E-state index contributed by atoms with van der Waals surface area (Å²) in [6.45, 7) is 5.12. The number of ketones is 1. The van der Waals surface area contributed by atoms with Crippen molar-refractivity contribution in [3.05, 3.63) is 107 Å². The molecule has 5 heteroatoms. The number of aliphatic hydroxyl groups is 1. The summed E-state index contributed by atoms with van der Waals surface area (Å²) in [4.78, 5) is 28.0. The first-order chi connectivity index (χ1) is 17.5. The molecule has 3 aromatic rings. The van der Waals surface area contributed by atoms with E-state index in [4.69, 9.17) is 4.74 Å². The third kappa shape index (κ3) is 5.68. The Morgan fingerprint density at radius 2 is 1.61 bits per heavy atom. The lowest BCUT2D eigenvalue weighted by Crippen LogP contribution is -2.31.